The van der Waals surface area contributed by atoms with Crippen LogP contribution < -0.4 is 0 Å². The van der Waals surface area contributed by atoms with Crippen molar-refractivity contribution in [3.8, 4) is 5.69 Å². The van der Waals surface area contributed by atoms with Crippen LogP contribution in [-0.2, 0) is 0 Å². The number of benzene rings is 1. The fourth-order valence-electron chi connectivity index (χ4n) is 2.09. The van der Waals surface area contributed by atoms with E-state index in [0.717, 1.165) is 0 Å². The third-order valence-electron chi connectivity index (χ3n) is 3.29. The summed E-state index contributed by atoms with van der Waals surface area (Å²) in [5, 5.41) is 19.2. The van der Waals surface area contributed by atoms with Gasteiger partial charge >= 0.3 is 0 Å². The number of nitro benzene ring substituents is 1. The molecule has 0 N–H and O–H groups in total. The summed E-state index contributed by atoms with van der Waals surface area (Å²) in [5.41, 5.74) is 1.92. The Morgan fingerprint density at radius 2 is 2.04 bits per heavy atom. The average Bonchev–Trinajstić information content (AvgIpc) is 3.09. The molecule has 122 valence electrons. The molecule has 0 radical (unpaired) electrons. The largest absolute Gasteiger partial charge is 0.359 e. The van der Waals surface area contributed by atoms with Crippen LogP contribution in [0.4, 0.5) is 11.5 Å². The van der Waals surface area contributed by atoms with Gasteiger partial charge in [0, 0.05) is 24.4 Å². The SMILES string of the molecule is Cc1cc(N=Cc2c(C)nn(-c3ccc([N+](=O)[O-])cc3)c2Cl)no1. The van der Waals surface area contributed by atoms with Gasteiger partial charge < -0.3 is 4.52 Å². The lowest BCUT2D eigenvalue weighted by molar-refractivity contribution is -0.384. The topological polar surface area (TPSA) is 99.3 Å². The van der Waals surface area contributed by atoms with E-state index in [1.807, 2.05) is 0 Å². The highest BCUT2D eigenvalue weighted by molar-refractivity contribution is 6.32. The first-order valence-corrected chi connectivity index (χ1v) is 7.31. The zero-order valence-electron chi connectivity index (χ0n) is 12.8. The van der Waals surface area contributed by atoms with E-state index in [1.165, 1.54) is 16.8 Å². The predicted molar refractivity (Wildman–Crippen MR) is 88.5 cm³/mol. The lowest BCUT2D eigenvalue weighted by Crippen LogP contribution is -1.97. The molecule has 0 unspecified atom stereocenters. The van der Waals surface area contributed by atoms with Gasteiger partial charge in [-0.25, -0.2) is 9.67 Å². The van der Waals surface area contributed by atoms with Gasteiger partial charge in [-0.2, -0.15) is 5.10 Å². The first kappa shape index (κ1) is 15.9. The van der Waals surface area contributed by atoms with E-state index in [0.29, 0.717) is 33.7 Å². The van der Waals surface area contributed by atoms with Crippen LogP contribution in [0.2, 0.25) is 5.15 Å². The molecule has 3 rings (SSSR count). The van der Waals surface area contributed by atoms with Crippen LogP contribution in [0, 0.1) is 24.0 Å². The molecular weight excluding hydrogens is 334 g/mol. The van der Waals surface area contributed by atoms with Crippen molar-refractivity contribution in [1.29, 1.82) is 0 Å². The summed E-state index contributed by atoms with van der Waals surface area (Å²) in [5.74, 6) is 1.09. The Morgan fingerprint density at radius 1 is 1.33 bits per heavy atom. The van der Waals surface area contributed by atoms with E-state index in [2.05, 4.69) is 15.2 Å². The Kier molecular flexibility index (Phi) is 4.13. The Labute approximate surface area is 141 Å². The van der Waals surface area contributed by atoms with Crippen molar-refractivity contribution in [2.75, 3.05) is 0 Å². The second-order valence-corrected chi connectivity index (χ2v) is 5.39. The Morgan fingerprint density at radius 3 is 2.62 bits per heavy atom. The molecule has 0 aliphatic heterocycles. The summed E-state index contributed by atoms with van der Waals surface area (Å²) < 4.78 is 6.44. The maximum atomic E-state index is 10.7. The lowest BCUT2D eigenvalue weighted by Gasteiger charge is -2.02. The van der Waals surface area contributed by atoms with Gasteiger partial charge in [0.05, 0.1) is 21.9 Å². The smallest absolute Gasteiger partial charge is 0.269 e. The van der Waals surface area contributed by atoms with Crippen molar-refractivity contribution < 1.29 is 9.45 Å². The van der Waals surface area contributed by atoms with Crippen LogP contribution >= 0.6 is 11.6 Å². The van der Waals surface area contributed by atoms with E-state index >= 15 is 0 Å². The number of aromatic nitrogens is 3. The minimum atomic E-state index is -0.461. The third kappa shape index (κ3) is 3.04. The van der Waals surface area contributed by atoms with Gasteiger partial charge in [0.15, 0.2) is 5.82 Å². The number of rotatable bonds is 4. The number of nitrogens with zero attached hydrogens (tertiary/aromatic N) is 5. The lowest BCUT2D eigenvalue weighted by atomic mass is 10.3. The number of non-ortho nitro benzene ring substituents is 1. The number of hydrogen-bond acceptors (Lipinski definition) is 6. The maximum Gasteiger partial charge on any atom is 0.269 e. The van der Waals surface area contributed by atoms with Crippen LogP contribution in [0.25, 0.3) is 5.69 Å². The molecule has 3 aromatic rings. The molecule has 24 heavy (non-hydrogen) atoms. The quantitative estimate of drug-likeness (QED) is 0.407. The fourth-order valence-corrected chi connectivity index (χ4v) is 2.41. The Balaban J connectivity index is 1.94. The molecule has 1 aromatic carbocycles. The van der Waals surface area contributed by atoms with Gasteiger partial charge in [-0.05, 0) is 26.0 Å². The normalized spacial score (nSPS) is 11.3. The molecule has 0 saturated carbocycles. The van der Waals surface area contributed by atoms with Gasteiger partial charge in [-0.3, -0.25) is 10.1 Å². The van der Waals surface area contributed by atoms with Crippen LogP contribution in [0.5, 0.6) is 0 Å². The second kappa shape index (κ2) is 6.25. The molecule has 0 aliphatic rings. The van der Waals surface area contributed by atoms with Gasteiger partial charge in [-0.1, -0.05) is 16.8 Å². The zero-order chi connectivity index (χ0) is 17.3. The highest BCUT2D eigenvalue weighted by Crippen LogP contribution is 2.24. The van der Waals surface area contributed by atoms with Crippen LogP contribution in [0.3, 0.4) is 0 Å². The molecule has 0 fully saturated rings. The summed E-state index contributed by atoms with van der Waals surface area (Å²) >= 11 is 6.37. The minimum absolute atomic E-state index is 0.00179. The highest BCUT2D eigenvalue weighted by Gasteiger charge is 2.14. The molecule has 0 spiro atoms. The molecular formula is C15H12ClN5O3. The molecule has 0 saturated heterocycles. The molecule has 0 atom stereocenters. The average molecular weight is 346 g/mol. The standard InChI is InChI=1S/C15H12ClN5O3/c1-9-7-14(19-24-9)17-8-13-10(2)18-20(15(13)16)11-3-5-12(6-4-11)21(22)23/h3-8H,1-2H3. The van der Waals surface area contributed by atoms with E-state index < -0.39 is 4.92 Å². The van der Waals surface area contributed by atoms with Crippen molar-refractivity contribution in [1.82, 2.24) is 14.9 Å². The Bertz CT molecular complexity index is 927. The minimum Gasteiger partial charge on any atom is -0.359 e. The van der Waals surface area contributed by atoms with Gasteiger partial charge in [0.2, 0.25) is 0 Å². The Hall–Kier alpha value is -3.00. The summed E-state index contributed by atoms with van der Waals surface area (Å²) in [7, 11) is 0. The van der Waals surface area contributed by atoms with E-state index in [-0.39, 0.29) is 5.69 Å². The monoisotopic (exact) mass is 345 g/mol. The fraction of sp³-hybridized carbons (Fsp3) is 0.133. The van der Waals surface area contributed by atoms with Crippen LogP contribution in [0.1, 0.15) is 17.0 Å². The zero-order valence-corrected chi connectivity index (χ0v) is 13.6. The molecule has 2 aromatic heterocycles. The highest BCUT2D eigenvalue weighted by atomic mass is 35.5. The number of hydrogen-bond donors (Lipinski definition) is 0. The molecule has 2 heterocycles. The second-order valence-electron chi connectivity index (χ2n) is 5.03. The number of halogens is 1. The number of nitro groups is 1. The van der Waals surface area contributed by atoms with Gasteiger partial charge in [0.1, 0.15) is 10.9 Å². The summed E-state index contributed by atoms with van der Waals surface area (Å²) in [6, 6.07) is 7.65. The molecule has 0 bridgehead atoms. The molecule has 0 aliphatic carbocycles. The molecule has 0 amide bonds. The van der Waals surface area contributed by atoms with Crippen LogP contribution in [0.15, 0.2) is 39.8 Å². The molecule has 8 nitrogen and oxygen atoms in total. The van der Waals surface area contributed by atoms with Crippen LogP contribution in [-0.4, -0.2) is 26.1 Å². The van der Waals surface area contributed by atoms with E-state index in [1.54, 1.807) is 38.3 Å². The van der Waals surface area contributed by atoms with Gasteiger partial charge in [-0.15, -0.1) is 0 Å². The molecule has 9 heteroatoms. The van der Waals surface area contributed by atoms with Crippen molar-refractivity contribution in [3.63, 3.8) is 0 Å². The third-order valence-corrected chi connectivity index (χ3v) is 3.66. The van der Waals surface area contributed by atoms with E-state index in [4.69, 9.17) is 16.1 Å². The number of aryl methyl sites for hydroxylation is 2. The maximum absolute atomic E-state index is 10.7. The summed E-state index contributed by atoms with van der Waals surface area (Å²) in [6.45, 7) is 3.57. The van der Waals surface area contributed by atoms with Crippen molar-refractivity contribution in [2.45, 2.75) is 13.8 Å². The number of aliphatic imine (C=N–C) groups is 1. The van der Waals surface area contributed by atoms with Crippen molar-refractivity contribution in [3.05, 3.63) is 62.6 Å². The van der Waals surface area contributed by atoms with Crippen molar-refractivity contribution >= 4 is 29.3 Å². The summed E-state index contributed by atoms with van der Waals surface area (Å²) in [6.07, 6.45) is 1.56. The van der Waals surface area contributed by atoms with Crippen molar-refractivity contribution in [2.24, 2.45) is 4.99 Å². The van der Waals surface area contributed by atoms with Gasteiger partial charge in [0.25, 0.3) is 5.69 Å². The van der Waals surface area contributed by atoms with E-state index in [9.17, 15) is 10.1 Å². The first-order valence-electron chi connectivity index (χ1n) is 6.93. The predicted octanol–water partition coefficient (Wildman–Crippen LogP) is 3.79. The summed E-state index contributed by atoms with van der Waals surface area (Å²) in [4.78, 5) is 14.5. The first-order chi connectivity index (χ1) is 11.5.